The van der Waals surface area contributed by atoms with Crippen LogP contribution in [0.4, 0.5) is 0 Å². The molecule has 1 aromatic rings. The van der Waals surface area contributed by atoms with Gasteiger partial charge in [-0.05, 0) is 39.2 Å². The standard InChI is InChI=1S/C11H20N4/c1-4-11-10(7-12-3)13-14-15(11)8(2)9-5-6-9/h8-9,12H,4-7H2,1-3H3. The van der Waals surface area contributed by atoms with Gasteiger partial charge in [-0.2, -0.15) is 0 Å². The van der Waals surface area contributed by atoms with Gasteiger partial charge < -0.3 is 5.32 Å². The first-order valence-corrected chi connectivity index (χ1v) is 5.85. The summed E-state index contributed by atoms with van der Waals surface area (Å²) in [4.78, 5) is 0. The summed E-state index contributed by atoms with van der Waals surface area (Å²) in [5, 5.41) is 11.7. The van der Waals surface area contributed by atoms with E-state index in [1.54, 1.807) is 0 Å². The maximum absolute atomic E-state index is 4.29. The number of rotatable bonds is 5. The van der Waals surface area contributed by atoms with E-state index in [1.165, 1.54) is 18.5 Å². The van der Waals surface area contributed by atoms with Crippen molar-refractivity contribution in [1.29, 1.82) is 0 Å². The molecule has 15 heavy (non-hydrogen) atoms. The SMILES string of the molecule is CCc1c(CNC)nnn1C(C)C1CC1. The Bertz CT molecular complexity index is 327. The Kier molecular flexibility index (Phi) is 3.05. The van der Waals surface area contributed by atoms with Crippen molar-refractivity contribution in [1.82, 2.24) is 20.3 Å². The van der Waals surface area contributed by atoms with Crippen LogP contribution in [0.3, 0.4) is 0 Å². The Morgan fingerprint density at radius 1 is 1.53 bits per heavy atom. The van der Waals surface area contributed by atoms with E-state index in [2.05, 4.69) is 34.2 Å². The van der Waals surface area contributed by atoms with Gasteiger partial charge in [-0.3, -0.25) is 0 Å². The van der Waals surface area contributed by atoms with Crippen LogP contribution in [0.15, 0.2) is 0 Å². The molecule has 1 fully saturated rings. The molecular formula is C11H20N4. The van der Waals surface area contributed by atoms with E-state index in [0.717, 1.165) is 24.6 Å². The fourth-order valence-electron chi connectivity index (χ4n) is 2.12. The highest BCUT2D eigenvalue weighted by Gasteiger charge is 2.31. The monoisotopic (exact) mass is 208 g/mol. The number of nitrogens with one attached hydrogen (secondary N) is 1. The van der Waals surface area contributed by atoms with Gasteiger partial charge in [-0.15, -0.1) is 5.10 Å². The Morgan fingerprint density at radius 2 is 2.27 bits per heavy atom. The fraction of sp³-hybridized carbons (Fsp3) is 0.818. The van der Waals surface area contributed by atoms with E-state index in [9.17, 15) is 0 Å². The minimum absolute atomic E-state index is 0.526. The van der Waals surface area contributed by atoms with Gasteiger partial charge in [0.1, 0.15) is 0 Å². The molecule has 1 unspecified atom stereocenters. The zero-order valence-electron chi connectivity index (χ0n) is 9.82. The summed E-state index contributed by atoms with van der Waals surface area (Å²) < 4.78 is 2.13. The third-order valence-electron chi connectivity index (χ3n) is 3.24. The smallest absolute Gasteiger partial charge is 0.0996 e. The van der Waals surface area contributed by atoms with Crippen LogP contribution in [-0.2, 0) is 13.0 Å². The second-order valence-corrected chi connectivity index (χ2v) is 4.39. The summed E-state index contributed by atoms with van der Waals surface area (Å²) >= 11 is 0. The summed E-state index contributed by atoms with van der Waals surface area (Å²) in [5.74, 6) is 0.833. The molecule has 1 saturated carbocycles. The Hall–Kier alpha value is -0.900. The highest BCUT2D eigenvalue weighted by atomic mass is 15.4. The van der Waals surface area contributed by atoms with Gasteiger partial charge in [0.2, 0.25) is 0 Å². The van der Waals surface area contributed by atoms with E-state index < -0.39 is 0 Å². The summed E-state index contributed by atoms with van der Waals surface area (Å²) in [6, 6.07) is 0.526. The molecule has 84 valence electrons. The molecule has 1 N–H and O–H groups in total. The summed E-state index contributed by atoms with van der Waals surface area (Å²) in [5.41, 5.74) is 2.40. The first kappa shape index (κ1) is 10.6. The van der Waals surface area contributed by atoms with Crippen molar-refractivity contribution in [2.24, 2.45) is 5.92 Å². The van der Waals surface area contributed by atoms with E-state index >= 15 is 0 Å². The molecule has 1 aliphatic carbocycles. The Morgan fingerprint density at radius 3 is 2.80 bits per heavy atom. The molecule has 1 atom stereocenters. The van der Waals surface area contributed by atoms with E-state index in [-0.39, 0.29) is 0 Å². The van der Waals surface area contributed by atoms with Crippen molar-refractivity contribution in [2.75, 3.05) is 7.05 Å². The van der Waals surface area contributed by atoms with Crippen LogP contribution in [0.5, 0.6) is 0 Å². The third-order valence-corrected chi connectivity index (χ3v) is 3.24. The molecular weight excluding hydrogens is 188 g/mol. The summed E-state index contributed by atoms with van der Waals surface area (Å²) in [6.07, 6.45) is 3.72. The van der Waals surface area contributed by atoms with Crippen LogP contribution in [0.25, 0.3) is 0 Å². The molecule has 0 amide bonds. The lowest BCUT2D eigenvalue weighted by molar-refractivity contribution is 0.416. The van der Waals surface area contributed by atoms with Crippen LogP contribution in [0, 0.1) is 5.92 Å². The Labute approximate surface area is 91.1 Å². The van der Waals surface area contributed by atoms with Crippen LogP contribution in [0.1, 0.15) is 44.1 Å². The Balaban J connectivity index is 2.21. The van der Waals surface area contributed by atoms with Gasteiger partial charge in [0.05, 0.1) is 17.4 Å². The van der Waals surface area contributed by atoms with Gasteiger partial charge in [-0.25, -0.2) is 4.68 Å². The second kappa shape index (κ2) is 4.31. The number of nitrogens with zero attached hydrogens (tertiary/aromatic N) is 3. The topological polar surface area (TPSA) is 42.7 Å². The minimum atomic E-state index is 0.526. The molecule has 1 aromatic heterocycles. The molecule has 4 heteroatoms. The van der Waals surface area contributed by atoms with Gasteiger partial charge in [-0.1, -0.05) is 12.1 Å². The van der Waals surface area contributed by atoms with Crippen molar-refractivity contribution in [3.63, 3.8) is 0 Å². The van der Waals surface area contributed by atoms with Crippen molar-refractivity contribution in [2.45, 2.75) is 45.7 Å². The predicted molar refractivity (Wildman–Crippen MR) is 59.6 cm³/mol. The summed E-state index contributed by atoms with van der Waals surface area (Å²) in [6.45, 7) is 5.25. The lowest BCUT2D eigenvalue weighted by Gasteiger charge is -2.13. The van der Waals surface area contributed by atoms with Gasteiger partial charge >= 0.3 is 0 Å². The van der Waals surface area contributed by atoms with E-state index in [1.807, 2.05) is 7.05 Å². The lowest BCUT2D eigenvalue weighted by atomic mass is 10.2. The van der Waals surface area contributed by atoms with Crippen LogP contribution in [0.2, 0.25) is 0 Å². The van der Waals surface area contributed by atoms with Crippen molar-refractivity contribution in [3.8, 4) is 0 Å². The molecule has 1 aliphatic rings. The average molecular weight is 208 g/mol. The second-order valence-electron chi connectivity index (χ2n) is 4.39. The molecule has 0 saturated heterocycles. The molecule has 0 aromatic carbocycles. The van der Waals surface area contributed by atoms with Gasteiger partial charge in [0.25, 0.3) is 0 Å². The van der Waals surface area contributed by atoms with Crippen LogP contribution >= 0.6 is 0 Å². The van der Waals surface area contributed by atoms with Crippen molar-refractivity contribution < 1.29 is 0 Å². The number of hydrogen-bond acceptors (Lipinski definition) is 3. The summed E-state index contributed by atoms with van der Waals surface area (Å²) in [7, 11) is 1.95. The average Bonchev–Trinajstić information content (AvgIpc) is 3.00. The fourth-order valence-corrected chi connectivity index (χ4v) is 2.12. The van der Waals surface area contributed by atoms with Gasteiger partial charge in [0, 0.05) is 6.54 Å². The number of hydrogen-bond donors (Lipinski definition) is 1. The molecule has 0 bridgehead atoms. The zero-order chi connectivity index (χ0) is 10.8. The maximum Gasteiger partial charge on any atom is 0.0996 e. The maximum atomic E-state index is 4.29. The van der Waals surface area contributed by atoms with Crippen molar-refractivity contribution in [3.05, 3.63) is 11.4 Å². The van der Waals surface area contributed by atoms with E-state index in [4.69, 9.17) is 0 Å². The normalized spacial score (nSPS) is 18.1. The highest BCUT2D eigenvalue weighted by Crippen LogP contribution is 2.39. The first-order valence-electron chi connectivity index (χ1n) is 5.85. The molecule has 1 heterocycles. The zero-order valence-corrected chi connectivity index (χ0v) is 9.82. The van der Waals surface area contributed by atoms with Crippen LogP contribution in [-0.4, -0.2) is 22.0 Å². The van der Waals surface area contributed by atoms with E-state index in [0.29, 0.717) is 6.04 Å². The highest BCUT2D eigenvalue weighted by molar-refractivity contribution is 5.11. The first-order chi connectivity index (χ1) is 7.27. The number of aromatic nitrogens is 3. The quantitative estimate of drug-likeness (QED) is 0.798. The third kappa shape index (κ3) is 2.04. The lowest BCUT2D eigenvalue weighted by Crippen LogP contribution is -2.14. The van der Waals surface area contributed by atoms with Crippen molar-refractivity contribution >= 4 is 0 Å². The molecule has 0 spiro atoms. The van der Waals surface area contributed by atoms with Gasteiger partial charge in [0.15, 0.2) is 0 Å². The minimum Gasteiger partial charge on any atom is -0.314 e. The molecule has 2 rings (SSSR count). The van der Waals surface area contributed by atoms with Crippen LogP contribution < -0.4 is 5.32 Å². The molecule has 0 radical (unpaired) electrons. The predicted octanol–water partition coefficient (Wildman–Crippen LogP) is 1.53. The molecule has 0 aliphatic heterocycles. The largest absolute Gasteiger partial charge is 0.314 e. The molecule has 4 nitrogen and oxygen atoms in total.